The van der Waals surface area contributed by atoms with E-state index in [1.165, 1.54) is 17.2 Å². The number of benzene rings is 2. The molecule has 1 fully saturated rings. The lowest BCUT2D eigenvalue weighted by Crippen LogP contribution is -2.49. The fourth-order valence-corrected chi connectivity index (χ4v) is 4.32. The van der Waals surface area contributed by atoms with Crippen LogP contribution in [0.25, 0.3) is 0 Å². The fourth-order valence-electron chi connectivity index (χ4n) is 4.32. The van der Waals surface area contributed by atoms with Crippen molar-refractivity contribution in [1.82, 2.24) is 10.6 Å². The predicted molar refractivity (Wildman–Crippen MR) is 131 cm³/mol. The highest BCUT2D eigenvalue weighted by molar-refractivity contribution is 6.04. The zero-order valence-electron chi connectivity index (χ0n) is 19.6. The van der Waals surface area contributed by atoms with Crippen LogP contribution in [0.1, 0.15) is 47.8 Å². The van der Waals surface area contributed by atoms with E-state index in [1.807, 2.05) is 30.3 Å². The quantitative estimate of drug-likeness (QED) is 0.490. The maximum atomic E-state index is 13.6. The van der Waals surface area contributed by atoms with E-state index in [9.17, 15) is 14.4 Å². The molecule has 1 aliphatic carbocycles. The SMILES string of the molecule is COc1ccc(N(C(=O)CNC(=O)c2ccco2)C(C(=O)NC2CCCC2)c2ccccc2)cc1. The summed E-state index contributed by atoms with van der Waals surface area (Å²) in [6.45, 7) is -0.314. The first-order valence-corrected chi connectivity index (χ1v) is 11.7. The Balaban J connectivity index is 1.66. The Morgan fingerprint density at radius 1 is 1.00 bits per heavy atom. The molecular formula is C27H29N3O5. The molecule has 35 heavy (non-hydrogen) atoms. The lowest BCUT2D eigenvalue weighted by atomic mass is 10.0. The van der Waals surface area contributed by atoms with Gasteiger partial charge in [-0.15, -0.1) is 0 Å². The number of ether oxygens (including phenoxy) is 1. The number of furan rings is 1. The Bertz CT molecular complexity index is 1120. The molecule has 1 heterocycles. The molecule has 0 radical (unpaired) electrons. The Morgan fingerprint density at radius 3 is 2.34 bits per heavy atom. The number of carbonyl (C=O) groups is 3. The van der Waals surface area contributed by atoms with Crippen LogP contribution in [0.15, 0.2) is 77.4 Å². The summed E-state index contributed by atoms with van der Waals surface area (Å²) in [6, 6.07) is 18.4. The average molecular weight is 476 g/mol. The van der Waals surface area contributed by atoms with Crippen LogP contribution in [0.5, 0.6) is 5.75 Å². The summed E-state index contributed by atoms with van der Waals surface area (Å²) in [7, 11) is 1.56. The van der Waals surface area contributed by atoms with Crippen molar-refractivity contribution in [3.63, 3.8) is 0 Å². The van der Waals surface area contributed by atoms with Gasteiger partial charge in [-0.05, 0) is 54.8 Å². The third kappa shape index (κ3) is 5.90. The van der Waals surface area contributed by atoms with Crippen molar-refractivity contribution >= 4 is 23.4 Å². The third-order valence-corrected chi connectivity index (χ3v) is 6.09. The van der Waals surface area contributed by atoms with E-state index in [4.69, 9.17) is 9.15 Å². The molecule has 0 saturated heterocycles. The monoisotopic (exact) mass is 475 g/mol. The van der Waals surface area contributed by atoms with E-state index in [-0.39, 0.29) is 24.3 Å². The predicted octanol–water partition coefficient (Wildman–Crippen LogP) is 3.85. The molecule has 1 unspecified atom stereocenters. The van der Waals surface area contributed by atoms with Crippen molar-refractivity contribution in [2.24, 2.45) is 0 Å². The van der Waals surface area contributed by atoms with Gasteiger partial charge in [0, 0.05) is 11.7 Å². The summed E-state index contributed by atoms with van der Waals surface area (Å²) < 4.78 is 10.4. The molecule has 2 N–H and O–H groups in total. The van der Waals surface area contributed by atoms with Crippen molar-refractivity contribution in [2.75, 3.05) is 18.6 Å². The summed E-state index contributed by atoms with van der Waals surface area (Å²) in [6.07, 6.45) is 5.37. The van der Waals surface area contributed by atoms with Gasteiger partial charge in [0.05, 0.1) is 19.9 Å². The van der Waals surface area contributed by atoms with Gasteiger partial charge in [0.25, 0.3) is 5.91 Å². The number of anilines is 1. The zero-order valence-corrected chi connectivity index (χ0v) is 19.6. The molecule has 8 nitrogen and oxygen atoms in total. The molecule has 0 spiro atoms. The molecule has 3 aromatic rings. The molecule has 1 aliphatic rings. The third-order valence-electron chi connectivity index (χ3n) is 6.09. The first-order chi connectivity index (χ1) is 17.1. The molecule has 182 valence electrons. The normalized spacial score (nSPS) is 14.2. The summed E-state index contributed by atoms with van der Waals surface area (Å²) in [5.41, 5.74) is 1.18. The summed E-state index contributed by atoms with van der Waals surface area (Å²) in [4.78, 5) is 41.1. The maximum absolute atomic E-state index is 13.6. The van der Waals surface area contributed by atoms with Gasteiger partial charge in [-0.1, -0.05) is 43.2 Å². The second-order valence-corrected chi connectivity index (χ2v) is 8.42. The van der Waals surface area contributed by atoms with E-state index in [2.05, 4.69) is 10.6 Å². The van der Waals surface area contributed by atoms with Gasteiger partial charge in [-0.25, -0.2) is 0 Å². The van der Waals surface area contributed by atoms with E-state index in [0.29, 0.717) is 17.0 Å². The van der Waals surface area contributed by atoms with Gasteiger partial charge in [0.1, 0.15) is 11.8 Å². The summed E-state index contributed by atoms with van der Waals surface area (Å²) in [5, 5.41) is 5.73. The van der Waals surface area contributed by atoms with Gasteiger partial charge >= 0.3 is 0 Å². The number of hydrogen-bond acceptors (Lipinski definition) is 5. The number of methoxy groups -OCH3 is 1. The number of nitrogens with zero attached hydrogens (tertiary/aromatic N) is 1. The fraction of sp³-hybridized carbons (Fsp3) is 0.296. The topological polar surface area (TPSA) is 101 Å². The Hall–Kier alpha value is -4.07. The van der Waals surface area contributed by atoms with Gasteiger partial charge < -0.3 is 19.8 Å². The van der Waals surface area contributed by atoms with Crippen molar-refractivity contribution < 1.29 is 23.5 Å². The van der Waals surface area contributed by atoms with E-state index < -0.39 is 17.9 Å². The molecule has 1 aromatic heterocycles. The van der Waals surface area contributed by atoms with Crippen LogP contribution < -0.4 is 20.3 Å². The maximum Gasteiger partial charge on any atom is 0.287 e. The number of carbonyl (C=O) groups excluding carboxylic acids is 3. The Morgan fingerprint density at radius 2 is 1.71 bits per heavy atom. The van der Waals surface area contributed by atoms with Crippen LogP contribution in [0.2, 0.25) is 0 Å². The second-order valence-electron chi connectivity index (χ2n) is 8.42. The highest BCUT2D eigenvalue weighted by atomic mass is 16.5. The second kappa shape index (κ2) is 11.4. The van der Waals surface area contributed by atoms with Crippen molar-refractivity contribution in [2.45, 2.75) is 37.8 Å². The highest BCUT2D eigenvalue weighted by Crippen LogP contribution is 2.30. The molecule has 1 saturated carbocycles. The number of hydrogen-bond donors (Lipinski definition) is 2. The zero-order chi connectivity index (χ0) is 24.6. The van der Waals surface area contributed by atoms with Gasteiger partial charge in [-0.2, -0.15) is 0 Å². The molecule has 0 aliphatic heterocycles. The van der Waals surface area contributed by atoms with E-state index in [0.717, 1.165) is 25.7 Å². The van der Waals surface area contributed by atoms with Crippen molar-refractivity contribution in [3.8, 4) is 5.75 Å². The van der Waals surface area contributed by atoms with Gasteiger partial charge in [-0.3, -0.25) is 19.3 Å². The number of rotatable bonds is 9. The molecule has 3 amide bonds. The highest BCUT2D eigenvalue weighted by Gasteiger charge is 2.34. The standard InChI is InChI=1S/C27H29N3O5/c1-34-22-15-13-21(14-16-22)30(24(31)18-28-26(32)23-12-7-17-35-23)25(19-8-3-2-4-9-19)27(33)29-20-10-5-6-11-20/h2-4,7-9,12-17,20,25H,5-6,10-11,18H2,1H3,(H,28,32)(H,29,33). The largest absolute Gasteiger partial charge is 0.497 e. The Kier molecular flexibility index (Phi) is 7.82. The first kappa shape index (κ1) is 24.1. The number of nitrogens with one attached hydrogen (secondary N) is 2. The van der Waals surface area contributed by atoms with E-state index >= 15 is 0 Å². The number of amides is 3. The molecule has 2 aromatic carbocycles. The Labute approximate surface area is 204 Å². The van der Waals surface area contributed by atoms with E-state index in [1.54, 1.807) is 37.4 Å². The first-order valence-electron chi connectivity index (χ1n) is 11.7. The van der Waals surface area contributed by atoms with Crippen LogP contribution in [0.3, 0.4) is 0 Å². The lowest BCUT2D eigenvalue weighted by molar-refractivity contribution is -0.126. The molecule has 4 rings (SSSR count). The summed E-state index contributed by atoms with van der Waals surface area (Å²) >= 11 is 0. The minimum atomic E-state index is -0.918. The van der Waals surface area contributed by atoms with Gasteiger partial charge in [0.2, 0.25) is 11.8 Å². The van der Waals surface area contributed by atoms with Crippen LogP contribution >= 0.6 is 0 Å². The summed E-state index contributed by atoms with van der Waals surface area (Å²) in [5.74, 6) is -0.480. The minimum absolute atomic E-state index is 0.0835. The minimum Gasteiger partial charge on any atom is -0.497 e. The van der Waals surface area contributed by atoms with Crippen LogP contribution in [0.4, 0.5) is 5.69 Å². The molecule has 0 bridgehead atoms. The molecule has 1 atom stereocenters. The lowest BCUT2D eigenvalue weighted by Gasteiger charge is -2.32. The molecule has 8 heteroatoms. The van der Waals surface area contributed by atoms with Crippen LogP contribution in [-0.4, -0.2) is 37.4 Å². The van der Waals surface area contributed by atoms with Gasteiger partial charge in [0.15, 0.2) is 5.76 Å². The smallest absolute Gasteiger partial charge is 0.287 e. The molecular weight excluding hydrogens is 446 g/mol. The average Bonchev–Trinajstić information content (AvgIpc) is 3.61. The van der Waals surface area contributed by atoms with Crippen molar-refractivity contribution in [3.05, 3.63) is 84.3 Å². The van der Waals surface area contributed by atoms with Crippen molar-refractivity contribution in [1.29, 1.82) is 0 Å². The van der Waals surface area contributed by atoms with Crippen LogP contribution in [-0.2, 0) is 9.59 Å². The van der Waals surface area contributed by atoms with Crippen LogP contribution in [0, 0.1) is 0 Å².